The van der Waals surface area contributed by atoms with E-state index < -0.39 is 15.8 Å². The summed E-state index contributed by atoms with van der Waals surface area (Å²) in [5.74, 6) is -0.499. The van der Waals surface area contributed by atoms with Gasteiger partial charge >= 0.3 is 0 Å². The summed E-state index contributed by atoms with van der Waals surface area (Å²) in [5, 5.41) is 0. The molecule has 0 radical (unpaired) electrons. The van der Waals surface area contributed by atoms with Crippen LogP contribution in [-0.4, -0.2) is 22.5 Å². The minimum Gasteiger partial charge on any atom is -0.376 e. The van der Waals surface area contributed by atoms with E-state index >= 15 is 0 Å². The fourth-order valence-corrected chi connectivity index (χ4v) is 2.87. The van der Waals surface area contributed by atoms with Crippen molar-refractivity contribution >= 4 is 21.4 Å². The van der Waals surface area contributed by atoms with E-state index in [1.807, 2.05) is 0 Å². The Labute approximate surface area is 117 Å². The normalized spacial score (nSPS) is 11.2. The SMILES string of the molecule is CN(C)c1ccc(F)cc1NS(=O)(=O)c1ccccc1. The van der Waals surface area contributed by atoms with Gasteiger partial charge in [0.05, 0.1) is 16.3 Å². The van der Waals surface area contributed by atoms with E-state index in [1.54, 1.807) is 37.2 Å². The Bertz CT molecular complexity index is 700. The molecule has 0 amide bonds. The Morgan fingerprint density at radius 2 is 1.70 bits per heavy atom. The smallest absolute Gasteiger partial charge is 0.261 e. The Balaban J connectivity index is 2.42. The molecule has 4 nitrogen and oxygen atoms in total. The van der Waals surface area contributed by atoms with Crippen LogP contribution in [0.1, 0.15) is 0 Å². The van der Waals surface area contributed by atoms with E-state index in [1.165, 1.54) is 24.3 Å². The Kier molecular flexibility index (Phi) is 3.94. The first-order valence-electron chi connectivity index (χ1n) is 5.95. The van der Waals surface area contributed by atoms with Crippen LogP contribution in [0.5, 0.6) is 0 Å². The number of nitrogens with zero attached hydrogens (tertiary/aromatic N) is 1. The van der Waals surface area contributed by atoms with Crippen LogP contribution < -0.4 is 9.62 Å². The zero-order chi connectivity index (χ0) is 14.8. The summed E-state index contributed by atoms with van der Waals surface area (Å²) in [6.07, 6.45) is 0. The van der Waals surface area contributed by atoms with Gasteiger partial charge < -0.3 is 4.90 Å². The van der Waals surface area contributed by atoms with Gasteiger partial charge in [-0.3, -0.25) is 4.72 Å². The molecule has 0 saturated heterocycles. The average Bonchev–Trinajstić information content (AvgIpc) is 2.39. The topological polar surface area (TPSA) is 49.4 Å². The maximum absolute atomic E-state index is 13.3. The molecule has 0 saturated carbocycles. The Morgan fingerprint density at radius 1 is 1.05 bits per heavy atom. The largest absolute Gasteiger partial charge is 0.376 e. The van der Waals surface area contributed by atoms with Gasteiger partial charge in [0, 0.05) is 20.2 Å². The molecular formula is C14H15FN2O2S. The molecule has 0 spiro atoms. The molecule has 0 aliphatic rings. The lowest BCUT2D eigenvalue weighted by molar-refractivity contribution is 0.601. The Hall–Kier alpha value is -2.08. The second-order valence-electron chi connectivity index (χ2n) is 4.47. The van der Waals surface area contributed by atoms with Crippen LogP contribution in [0.15, 0.2) is 53.4 Å². The molecule has 0 bridgehead atoms. The van der Waals surface area contributed by atoms with Crippen molar-refractivity contribution in [2.45, 2.75) is 4.90 Å². The molecule has 106 valence electrons. The maximum atomic E-state index is 13.3. The van der Waals surface area contributed by atoms with E-state index in [9.17, 15) is 12.8 Å². The summed E-state index contributed by atoms with van der Waals surface area (Å²) in [4.78, 5) is 1.84. The van der Waals surface area contributed by atoms with Crippen molar-refractivity contribution in [3.63, 3.8) is 0 Å². The molecule has 0 fully saturated rings. The standard InChI is InChI=1S/C14H15FN2O2S/c1-17(2)14-9-8-11(15)10-13(14)16-20(18,19)12-6-4-3-5-7-12/h3-10,16H,1-2H3. The minimum absolute atomic E-state index is 0.133. The van der Waals surface area contributed by atoms with E-state index in [0.717, 1.165) is 6.07 Å². The molecule has 0 heterocycles. The average molecular weight is 294 g/mol. The fourth-order valence-electron chi connectivity index (χ4n) is 1.78. The summed E-state index contributed by atoms with van der Waals surface area (Å²) in [7, 11) is -0.214. The van der Waals surface area contributed by atoms with Gasteiger partial charge in [-0.05, 0) is 24.3 Å². The third-order valence-corrected chi connectivity index (χ3v) is 4.12. The Morgan fingerprint density at radius 3 is 2.30 bits per heavy atom. The predicted molar refractivity (Wildman–Crippen MR) is 78.0 cm³/mol. The van der Waals surface area contributed by atoms with Gasteiger partial charge in [0.25, 0.3) is 10.0 Å². The number of anilines is 2. The highest BCUT2D eigenvalue weighted by molar-refractivity contribution is 7.92. The van der Waals surface area contributed by atoms with Crippen LogP contribution >= 0.6 is 0 Å². The monoisotopic (exact) mass is 294 g/mol. The molecule has 0 aliphatic carbocycles. The summed E-state index contributed by atoms with van der Waals surface area (Å²) in [6, 6.07) is 11.9. The highest BCUT2D eigenvalue weighted by atomic mass is 32.2. The molecule has 2 aromatic carbocycles. The zero-order valence-corrected chi connectivity index (χ0v) is 12.0. The highest BCUT2D eigenvalue weighted by Gasteiger charge is 2.16. The van der Waals surface area contributed by atoms with Gasteiger partial charge in [-0.1, -0.05) is 18.2 Å². The quantitative estimate of drug-likeness (QED) is 0.943. The number of sulfonamides is 1. The van der Waals surface area contributed by atoms with E-state index in [-0.39, 0.29) is 10.6 Å². The summed E-state index contributed by atoms with van der Waals surface area (Å²) in [6.45, 7) is 0. The molecule has 2 rings (SSSR count). The minimum atomic E-state index is -3.73. The van der Waals surface area contributed by atoms with Gasteiger partial charge in [-0.2, -0.15) is 0 Å². The van der Waals surface area contributed by atoms with Crippen LogP contribution in [0.4, 0.5) is 15.8 Å². The third-order valence-electron chi connectivity index (χ3n) is 2.74. The number of hydrogen-bond acceptors (Lipinski definition) is 3. The third kappa shape index (κ3) is 3.08. The maximum Gasteiger partial charge on any atom is 0.261 e. The first kappa shape index (κ1) is 14.3. The van der Waals surface area contributed by atoms with Gasteiger partial charge in [-0.15, -0.1) is 0 Å². The van der Waals surface area contributed by atoms with Gasteiger partial charge in [0.2, 0.25) is 0 Å². The van der Waals surface area contributed by atoms with E-state index in [0.29, 0.717) is 5.69 Å². The lowest BCUT2D eigenvalue weighted by Crippen LogP contribution is -2.17. The molecule has 0 aromatic heterocycles. The fraction of sp³-hybridized carbons (Fsp3) is 0.143. The number of hydrogen-bond donors (Lipinski definition) is 1. The number of nitrogens with one attached hydrogen (secondary N) is 1. The van der Waals surface area contributed by atoms with Gasteiger partial charge in [-0.25, -0.2) is 12.8 Å². The van der Waals surface area contributed by atoms with Crippen LogP contribution in [0.2, 0.25) is 0 Å². The van der Waals surface area contributed by atoms with Gasteiger partial charge in [0.1, 0.15) is 5.82 Å². The molecule has 1 N–H and O–H groups in total. The lowest BCUT2D eigenvalue weighted by atomic mass is 10.2. The van der Waals surface area contributed by atoms with Crippen LogP contribution in [0.3, 0.4) is 0 Å². The van der Waals surface area contributed by atoms with Crippen molar-refractivity contribution in [3.05, 3.63) is 54.3 Å². The van der Waals surface area contributed by atoms with Crippen LogP contribution in [0.25, 0.3) is 0 Å². The van der Waals surface area contributed by atoms with E-state index in [4.69, 9.17) is 0 Å². The van der Waals surface area contributed by atoms with Crippen molar-refractivity contribution in [3.8, 4) is 0 Å². The second kappa shape index (κ2) is 5.50. The van der Waals surface area contributed by atoms with Crippen molar-refractivity contribution in [1.82, 2.24) is 0 Å². The molecule has 0 unspecified atom stereocenters. The van der Waals surface area contributed by atoms with Crippen LogP contribution in [0, 0.1) is 5.82 Å². The summed E-state index contributed by atoms with van der Waals surface area (Å²) >= 11 is 0. The molecule has 20 heavy (non-hydrogen) atoms. The first-order valence-corrected chi connectivity index (χ1v) is 7.43. The van der Waals surface area contributed by atoms with Crippen LogP contribution in [-0.2, 0) is 10.0 Å². The number of benzene rings is 2. The number of halogens is 1. The number of rotatable bonds is 4. The predicted octanol–water partition coefficient (Wildman–Crippen LogP) is 2.69. The summed E-state index contributed by atoms with van der Waals surface area (Å²) < 4.78 is 40.2. The highest BCUT2D eigenvalue weighted by Crippen LogP contribution is 2.27. The van der Waals surface area contributed by atoms with Crippen molar-refractivity contribution in [2.75, 3.05) is 23.7 Å². The second-order valence-corrected chi connectivity index (χ2v) is 6.16. The molecule has 0 aliphatic heterocycles. The van der Waals surface area contributed by atoms with E-state index in [2.05, 4.69) is 4.72 Å². The molecule has 2 aromatic rings. The molecule has 6 heteroatoms. The lowest BCUT2D eigenvalue weighted by Gasteiger charge is -2.18. The zero-order valence-electron chi connectivity index (χ0n) is 11.2. The van der Waals surface area contributed by atoms with Gasteiger partial charge in [0.15, 0.2) is 0 Å². The molecular weight excluding hydrogens is 279 g/mol. The van der Waals surface area contributed by atoms with Crippen molar-refractivity contribution < 1.29 is 12.8 Å². The summed E-state index contributed by atoms with van der Waals surface area (Å²) in [5.41, 5.74) is 0.796. The van der Waals surface area contributed by atoms with Crippen molar-refractivity contribution in [1.29, 1.82) is 0 Å². The first-order chi connectivity index (χ1) is 9.40. The van der Waals surface area contributed by atoms with Crippen molar-refractivity contribution in [2.24, 2.45) is 0 Å². The molecule has 0 atom stereocenters.